The Hall–Kier alpha value is -0.460. The van der Waals surface area contributed by atoms with Crippen molar-refractivity contribution >= 4 is 17.5 Å². The lowest BCUT2D eigenvalue weighted by Crippen LogP contribution is -2.58. The minimum Gasteiger partial charge on any atom is -0.598 e. The number of nitrogens with one attached hydrogen (secondary N) is 1. The third-order valence-electron chi connectivity index (χ3n) is 4.91. The average molecular weight is 347 g/mol. The third kappa shape index (κ3) is 5.00. The van der Waals surface area contributed by atoms with Crippen molar-refractivity contribution < 1.29 is 14.5 Å². The Morgan fingerprint density at radius 3 is 2.22 bits per heavy atom. The van der Waals surface area contributed by atoms with Crippen molar-refractivity contribution in [3.05, 3.63) is 0 Å². The maximum atomic E-state index is 12.4. The molecule has 1 rings (SSSR count). The molecule has 3 unspecified atom stereocenters. The monoisotopic (exact) mass is 346 g/mol. The molecule has 0 radical (unpaired) electrons. The Labute approximate surface area is 144 Å². The first-order valence-electron chi connectivity index (χ1n) is 8.44. The second-order valence-corrected chi connectivity index (χ2v) is 10.8. The summed E-state index contributed by atoms with van der Waals surface area (Å²) in [5.74, 6) is 0.513. The molecule has 0 aromatic carbocycles. The number of hydrogen-bond donors (Lipinski definition) is 2. The molecule has 0 bridgehead atoms. The molecule has 1 aliphatic rings. The van der Waals surface area contributed by atoms with Gasteiger partial charge >= 0.3 is 6.09 Å². The Bertz CT molecular complexity index is 417. The van der Waals surface area contributed by atoms with Gasteiger partial charge < -0.3 is 14.6 Å². The van der Waals surface area contributed by atoms with Crippen molar-refractivity contribution in [1.82, 2.24) is 9.62 Å². The summed E-state index contributed by atoms with van der Waals surface area (Å²) in [7, 11) is 0. The van der Waals surface area contributed by atoms with Crippen molar-refractivity contribution in [3.63, 3.8) is 0 Å². The molecule has 0 saturated carbocycles. The number of hydrogen-bond acceptors (Lipinski definition) is 3. The molecule has 0 spiro atoms. The topological polar surface area (TPSA) is 75.6 Å². The third-order valence-corrected chi connectivity index (χ3v) is 6.61. The van der Waals surface area contributed by atoms with E-state index in [1.54, 1.807) is 4.90 Å². The molecule has 0 aromatic heterocycles. The first-order valence-corrected chi connectivity index (χ1v) is 9.59. The first-order chi connectivity index (χ1) is 10.3. The van der Waals surface area contributed by atoms with Crippen LogP contribution in [0.1, 0.15) is 61.8 Å². The summed E-state index contributed by atoms with van der Waals surface area (Å²) in [6.45, 7) is 17.0. The van der Waals surface area contributed by atoms with Crippen LogP contribution < -0.4 is 4.72 Å². The van der Waals surface area contributed by atoms with E-state index in [1.165, 1.54) is 0 Å². The van der Waals surface area contributed by atoms with Crippen LogP contribution in [0, 0.1) is 17.3 Å². The first kappa shape index (κ1) is 20.6. The molecule has 23 heavy (non-hydrogen) atoms. The predicted molar refractivity (Wildman–Crippen MR) is 95.7 cm³/mol. The average Bonchev–Trinajstić information content (AvgIpc) is 2.34. The van der Waals surface area contributed by atoms with Crippen molar-refractivity contribution in [2.45, 2.75) is 78.6 Å². The van der Waals surface area contributed by atoms with E-state index in [-0.39, 0.29) is 28.2 Å². The van der Waals surface area contributed by atoms with E-state index in [1.807, 2.05) is 27.7 Å². The molecule has 0 aliphatic carbocycles. The number of amides is 1. The molecular weight excluding hydrogens is 312 g/mol. The zero-order chi connectivity index (χ0) is 18.2. The van der Waals surface area contributed by atoms with E-state index in [0.29, 0.717) is 12.5 Å². The normalized spacial score (nSPS) is 29.3. The van der Waals surface area contributed by atoms with Gasteiger partial charge in [0.1, 0.15) is 4.75 Å². The molecule has 6 heteroatoms. The van der Waals surface area contributed by atoms with Crippen LogP contribution in [0.25, 0.3) is 0 Å². The summed E-state index contributed by atoms with van der Waals surface area (Å²) < 4.78 is 15.4. The zero-order valence-corrected chi connectivity index (χ0v) is 16.7. The number of rotatable bonds is 3. The lowest BCUT2D eigenvalue weighted by atomic mass is 9.64. The lowest BCUT2D eigenvalue weighted by molar-refractivity contribution is -0.00533. The molecule has 1 saturated heterocycles. The van der Waals surface area contributed by atoms with Crippen LogP contribution >= 0.6 is 0 Å². The van der Waals surface area contributed by atoms with E-state index < -0.39 is 17.5 Å². The van der Waals surface area contributed by atoms with Gasteiger partial charge in [0.15, 0.2) is 0 Å². The maximum Gasteiger partial charge on any atom is 0.407 e. The second kappa shape index (κ2) is 7.19. The molecule has 136 valence electrons. The van der Waals surface area contributed by atoms with Gasteiger partial charge in [0.05, 0.1) is 6.04 Å². The molecule has 5 nitrogen and oxygen atoms in total. The fraction of sp³-hybridized carbons (Fsp3) is 0.941. The van der Waals surface area contributed by atoms with E-state index in [2.05, 4.69) is 32.4 Å². The highest BCUT2D eigenvalue weighted by atomic mass is 32.2. The standard InChI is InChI=1S/C17H34N2O3S/c1-11(18-23(22)17(6,7)8)13-9-10-19(15(20)21)12(2)14(13)16(3,4)5/h11-14,18H,9-10H2,1-8H3,(H,20,21)/t11-,12?,13?,14?,23+/m0/s1. The zero-order valence-electron chi connectivity index (χ0n) is 15.8. The van der Waals surface area contributed by atoms with Crippen LogP contribution in [0.3, 0.4) is 0 Å². The summed E-state index contributed by atoms with van der Waals surface area (Å²) in [5.41, 5.74) is -0.0165. The molecule has 1 amide bonds. The Kier molecular flexibility index (Phi) is 6.44. The van der Waals surface area contributed by atoms with Crippen molar-refractivity contribution in [3.8, 4) is 0 Å². The van der Waals surface area contributed by atoms with Crippen LogP contribution in [0.4, 0.5) is 4.79 Å². The summed E-state index contributed by atoms with van der Waals surface area (Å²) in [6.07, 6.45) is -0.0438. The van der Waals surface area contributed by atoms with Gasteiger partial charge in [0, 0.05) is 23.9 Å². The number of likely N-dealkylation sites (tertiary alicyclic amines) is 1. The van der Waals surface area contributed by atoms with Crippen LogP contribution in [-0.2, 0) is 11.4 Å². The van der Waals surface area contributed by atoms with Crippen LogP contribution in [0.15, 0.2) is 0 Å². The Morgan fingerprint density at radius 1 is 1.30 bits per heavy atom. The van der Waals surface area contributed by atoms with Gasteiger partial charge in [-0.3, -0.25) is 0 Å². The van der Waals surface area contributed by atoms with Crippen LogP contribution in [0.2, 0.25) is 0 Å². The Balaban J connectivity index is 2.98. The van der Waals surface area contributed by atoms with Crippen molar-refractivity contribution in [1.29, 1.82) is 0 Å². The largest absolute Gasteiger partial charge is 0.598 e. The van der Waals surface area contributed by atoms with Gasteiger partial charge in [0.2, 0.25) is 0 Å². The number of carboxylic acid groups (broad SMARTS) is 1. The smallest absolute Gasteiger partial charge is 0.407 e. The Morgan fingerprint density at radius 2 is 1.83 bits per heavy atom. The molecular formula is C17H34N2O3S. The number of piperidine rings is 1. The minimum absolute atomic E-state index is 0.0165. The number of carbonyl (C=O) groups is 1. The van der Waals surface area contributed by atoms with Crippen LogP contribution in [0.5, 0.6) is 0 Å². The number of nitrogens with zero attached hydrogens (tertiary/aromatic N) is 1. The maximum absolute atomic E-state index is 12.4. The van der Waals surface area contributed by atoms with E-state index in [0.717, 1.165) is 6.42 Å². The van der Waals surface area contributed by atoms with Crippen molar-refractivity contribution in [2.24, 2.45) is 17.3 Å². The summed E-state index contributed by atoms with van der Waals surface area (Å²) in [4.78, 5) is 13.0. The van der Waals surface area contributed by atoms with Gasteiger partial charge in [-0.1, -0.05) is 20.8 Å². The molecule has 5 atom stereocenters. The van der Waals surface area contributed by atoms with E-state index >= 15 is 0 Å². The van der Waals surface area contributed by atoms with Crippen LogP contribution in [-0.4, -0.2) is 44.0 Å². The highest BCUT2D eigenvalue weighted by molar-refractivity contribution is 7.90. The second-order valence-electron chi connectivity index (χ2n) is 8.85. The predicted octanol–water partition coefficient (Wildman–Crippen LogP) is 3.48. The molecule has 1 fully saturated rings. The lowest BCUT2D eigenvalue weighted by Gasteiger charge is -2.50. The summed E-state index contributed by atoms with van der Waals surface area (Å²) in [5, 5.41) is 9.43. The van der Waals surface area contributed by atoms with E-state index in [9.17, 15) is 14.5 Å². The molecule has 2 N–H and O–H groups in total. The van der Waals surface area contributed by atoms with Gasteiger partial charge in [-0.25, -0.2) is 4.79 Å². The quantitative estimate of drug-likeness (QED) is 0.767. The van der Waals surface area contributed by atoms with Crippen molar-refractivity contribution in [2.75, 3.05) is 6.54 Å². The van der Waals surface area contributed by atoms with Gasteiger partial charge in [0.25, 0.3) is 0 Å². The molecule has 1 aliphatic heterocycles. The van der Waals surface area contributed by atoms with Gasteiger partial charge in [-0.05, 0) is 58.3 Å². The fourth-order valence-electron chi connectivity index (χ4n) is 3.85. The minimum atomic E-state index is -1.12. The van der Waals surface area contributed by atoms with E-state index in [4.69, 9.17) is 0 Å². The van der Waals surface area contributed by atoms with Gasteiger partial charge in [-0.2, -0.15) is 0 Å². The summed E-state index contributed by atoms with van der Waals surface area (Å²) >= 11 is -1.12. The summed E-state index contributed by atoms with van der Waals surface area (Å²) in [6, 6.07) is 0.0382. The molecule has 0 aromatic rings. The molecule has 1 heterocycles. The SMILES string of the molecule is CC1C(C(C)(C)C)C([C@H](C)N[S@+]([O-])C(C)(C)C)CCN1C(=O)O. The highest BCUT2D eigenvalue weighted by Crippen LogP contribution is 2.43. The highest BCUT2D eigenvalue weighted by Gasteiger charge is 2.46. The fourth-order valence-corrected chi connectivity index (χ4v) is 4.72. The van der Waals surface area contributed by atoms with Gasteiger partial charge in [-0.15, -0.1) is 4.72 Å².